The van der Waals surface area contributed by atoms with Crippen LogP contribution in [0.3, 0.4) is 0 Å². The first kappa shape index (κ1) is 17.6. The minimum atomic E-state index is -4.46. The van der Waals surface area contributed by atoms with E-state index in [4.69, 9.17) is 0 Å². The smallest absolute Gasteiger partial charge is 0.387 e. The summed E-state index contributed by atoms with van der Waals surface area (Å²) >= 11 is 1.42. The number of halogens is 3. The first-order chi connectivity index (χ1) is 9.64. The van der Waals surface area contributed by atoms with Crippen molar-refractivity contribution in [2.75, 3.05) is 23.9 Å². The van der Waals surface area contributed by atoms with Crippen LogP contribution in [-0.4, -0.2) is 35.3 Å². The third-order valence-electron chi connectivity index (χ3n) is 2.53. The van der Waals surface area contributed by atoms with Gasteiger partial charge in [0.15, 0.2) is 0 Å². The second-order valence-electron chi connectivity index (χ2n) is 4.82. The van der Waals surface area contributed by atoms with Gasteiger partial charge in [-0.1, -0.05) is 6.07 Å². The van der Waals surface area contributed by atoms with E-state index >= 15 is 0 Å². The Balaban J connectivity index is 2.60. The minimum absolute atomic E-state index is 0.00135. The summed E-state index contributed by atoms with van der Waals surface area (Å²) in [5.41, 5.74) is -1.88. The summed E-state index contributed by atoms with van der Waals surface area (Å²) < 4.78 is 37.6. The highest BCUT2D eigenvalue weighted by atomic mass is 32.2. The zero-order valence-electron chi connectivity index (χ0n) is 11.6. The molecule has 8 heteroatoms. The number of thioether (sulfide) groups is 1. The normalized spacial score (nSPS) is 14.4. The molecule has 0 saturated carbocycles. The molecule has 1 rings (SSSR count). The number of anilines is 1. The lowest BCUT2D eigenvalue weighted by Crippen LogP contribution is -2.43. The third kappa shape index (κ3) is 6.26. The van der Waals surface area contributed by atoms with Gasteiger partial charge in [-0.05, 0) is 31.4 Å². The van der Waals surface area contributed by atoms with Gasteiger partial charge in [-0.2, -0.15) is 24.9 Å². The number of amides is 2. The number of carbonyl (C=O) groups excluding carboxylic acids is 1. The molecule has 3 N–H and O–H groups in total. The largest absolute Gasteiger partial charge is 0.416 e. The van der Waals surface area contributed by atoms with Crippen LogP contribution in [0, 0.1) is 0 Å². The number of hydrogen-bond acceptors (Lipinski definition) is 3. The molecule has 0 aliphatic carbocycles. The van der Waals surface area contributed by atoms with Crippen molar-refractivity contribution < 1.29 is 23.1 Å². The van der Waals surface area contributed by atoms with E-state index in [1.165, 1.54) is 23.9 Å². The molecule has 4 nitrogen and oxygen atoms in total. The Labute approximate surface area is 125 Å². The van der Waals surface area contributed by atoms with Crippen LogP contribution in [0.1, 0.15) is 12.5 Å². The molecule has 0 radical (unpaired) electrons. The summed E-state index contributed by atoms with van der Waals surface area (Å²) in [5, 5.41) is 14.6. The van der Waals surface area contributed by atoms with E-state index in [9.17, 15) is 23.1 Å². The molecule has 0 bridgehead atoms. The molecular formula is C13H17F3N2O2S. The highest BCUT2D eigenvalue weighted by molar-refractivity contribution is 7.98. The lowest BCUT2D eigenvalue weighted by Gasteiger charge is -2.22. The third-order valence-corrected chi connectivity index (χ3v) is 3.44. The highest BCUT2D eigenvalue weighted by Gasteiger charge is 2.30. The number of carbonyl (C=O) groups is 1. The zero-order chi connectivity index (χ0) is 16.1. The first-order valence-electron chi connectivity index (χ1n) is 6.07. The lowest BCUT2D eigenvalue weighted by molar-refractivity contribution is -0.137. The Kier molecular flexibility index (Phi) is 5.91. The van der Waals surface area contributed by atoms with Gasteiger partial charge in [-0.25, -0.2) is 4.79 Å². The van der Waals surface area contributed by atoms with Crippen LogP contribution in [-0.2, 0) is 6.18 Å². The number of hydrogen-bond donors (Lipinski definition) is 3. The van der Waals surface area contributed by atoms with Gasteiger partial charge in [-0.3, -0.25) is 0 Å². The maximum atomic E-state index is 12.5. The zero-order valence-corrected chi connectivity index (χ0v) is 12.4. The quantitative estimate of drug-likeness (QED) is 0.781. The monoisotopic (exact) mass is 322 g/mol. The Hall–Kier alpha value is -1.41. The molecule has 0 aromatic heterocycles. The van der Waals surface area contributed by atoms with Gasteiger partial charge >= 0.3 is 12.2 Å². The molecule has 1 atom stereocenters. The second-order valence-corrected chi connectivity index (χ2v) is 5.68. The number of aliphatic hydroxyl groups is 1. The van der Waals surface area contributed by atoms with E-state index < -0.39 is 23.4 Å². The summed E-state index contributed by atoms with van der Waals surface area (Å²) in [7, 11) is 0. The molecule has 0 heterocycles. The van der Waals surface area contributed by atoms with E-state index in [-0.39, 0.29) is 12.2 Å². The summed E-state index contributed by atoms with van der Waals surface area (Å²) in [6, 6.07) is 3.67. The van der Waals surface area contributed by atoms with Gasteiger partial charge in [0, 0.05) is 18.0 Å². The number of nitrogens with one attached hydrogen (secondary N) is 2. The van der Waals surface area contributed by atoms with E-state index in [2.05, 4.69) is 10.6 Å². The van der Waals surface area contributed by atoms with Crippen molar-refractivity contribution in [1.29, 1.82) is 0 Å². The number of urea groups is 1. The van der Waals surface area contributed by atoms with Crippen LogP contribution >= 0.6 is 11.8 Å². The van der Waals surface area contributed by atoms with Crippen molar-refractivity contribution in [3.8, 4) is 0 Å². The fourth-order valence-electron chi connectivity index (χ4n) is 1.58. The lowest BCUT2D eigenvalue weighted by atomic mass is 10.1. The minimum Gasteiger partial charge on any atom is -0.387 e. The topological polar surface area (TPSA) is 61.4 Å². The maximum Gasteiger partial charge on any atom is 0.416 e. The van der Waals surface area contributed by atoms with Crippen LogP contribution in [0.25, 0.3) is 0 Å². The van der Waals surface area contributed by atoms with Gasteiger partial charge in [0.1, 0.15) is 0 Å². The standard InChI is InChI=1S/C13H17F3N2O2S/c1-12(20,8-21-2)7-17-11(19)18-10-5-3-4-9(6-10)13(14,15)16/h3-6,20H,7-8H2,1-2H3,(H2,17,18,19)/t12-/m0/s1. The molecule has 118 valence electrons. The van der Waals surface area contributed by atoms with Gasteiger partial charge in [-0.15, -0.1) is 0 Å². The molecular weight excluding hydrogens is 305 g/mol. The number of alkyl halides is 3. The van der Waals surface area contributed by atoms with Gasteiger partial charge in [0.25, 0.3) is 0 Å². The van der Waals surface area contributed by atoms with Crippen molar-refractivity contribution in [1.82, 2.24) is 5.32 Å². The summed E-state index contributed by atoms with van der Waals surface area (Å²) in [5.74, 6) is 0.427. The van der Waals surface area contributed by atoms with E-state index in [1.54, 1.807) is 6.92 Å². The Morgan fingerprint density at radius 2 is 2.05 bits per heavy atom. The van der Waals surface area contributed by atoms with E-state index in [0.717, 1.165) is 12.1 Å². The van der Waals surface area contributed by atoms with Crippen molar-refractivity contribution in [2.45, 2.75) is 18.7 Å². The number of rotatable bonds is 5. The fraction of sp³-hybridized carbons (Fsp3) is 0.462. The van der Waals surface area contributed by atoms with Gasteiger partial charge < -0.3 is 15.7 Å². The molecule has 0 unspecified atom stereocenters. The average Bonchev–Trinajstić information content (AvgIpc) is 2.36. The molecule has 1 aromatic rings. The maximum absolute atomic E-state index is 12.5. The molecule has 0 saturated heterocycles. The molecule has 0 aliphatic rings. The molecule has 2 amide bonds. The highest BCUT2D eigenvalue weighted by Crippen LogP contribution is 2.30. The average molecular weight is 322 g/mol. The van der Waals surface area contributed by atoms with Gasteiger partial charge in [0.2, 0.25) is 0 Å². The Bertz CT molecular complexity index is 493. The molecule has 1 aromatic carbocycles. The SMILES string of the molecule is CSC[C@@](C)(O)CNC(=O)Nc1cccc(C(F)(F)F)c1. The predicted octanol–water partition coefficient (Wildman–Crippen LogP) is 2.94. The van der Waals surface area contributed by atoms with E-state index in [0.29, 0.717) is 5.75 Å². The summed E-state index contributed by atoms with van der Waals surface area (Å²) in [6.45, 7) is 1.56. The van der Waals surface area contributed by atoms with Crippen molar-refractivity contribution in [3.05, 3.63) is 29.8 Å². The molecule has 0 spiro atoms. The van der Waals surface area contributed by atoms with Gasteiger partial charge in [0.05, 0.1) is 11.2 Å². The van der Waals surface area contributed by atoms with E-state index in [1.807, 2.05) is 6.26 Å². The second kappa shape index (κ2) is 7.04. The number of benzene rings is 1. The Morgan fingerprint density at radius 3 is 2.62 bits per heavy atom. The van der Waals surface area contributed by atoms with Crippen LogP contribution in [0.5, 0.6) is 0 Å². The molecule has 0 aliphatic heterocycles. The molecule has 21 heavy (non-hydrogen) atoms. The van der Waals surface area contributed by atoms with Crippen LogP contribution in [0.4, 0.5) is 23.7 Å². The van der Waals surface area contributed by atoms with Crippen molar-refractivity contribution >= 4 is 23.5 Å². The fourth-order valence-corrected chi connectivity index (χ4v) is 2.31. The van der Waals surface area contributed by atoms with Crippen molar-refractivity contribution in [2.24, 2.45) is 0 Å². The molecule has 0 fully saturated rings. The van der Waals surface area contributed by atoms with Crippen LogP contribution < -0.4 is 10.6 Å². The van der Waals surface area contributed by atoms with Crippen molar-refractivity contribution in [3.63, 3.8) is 0 Å². The summed E-state index contributed by atoms with van der Waals surface area (Å²) in [6.07, 6.45) is -2.65. The Morgan fingerprint density at radius 1 is 1.38 bits per heavy atom. The first-order valence-corrected chi connectivity index (χ1v) is 7.47. The predicted molar refractivity (Wildman–Crippen MR) is 77.5 cm³/mol. The van der Waals surface area contributed by atoms with Crippen LogP contribution in [0.2, 0.25) is 0 Å². The summed E-state index contributed by atoms with van der Waals surface area (Å²) in [4.78, 5) is 11.6. The van der Waals surface area contributed by atoms with Crippen LogP contribution in [0.15, 0.2) is 24.3 Å².